The van der Waals surface area contributed by atoms with Gasteiger partial charge in [0.25, 0.3) is 0 Å². The Bertz CT molecular complexity index is 297. The molecule has 13 heavy (non-hydrogen) atoms. The lowest BCUT2D eigenvalue weighted by molar-refractivity contribution is -0.117. The van der Waals surface area contributed by atoms with Crippen LogP contribution in [0.1, 0.15) is 6.92 Å². The van der Waals surface area contributed by atoms with Crippen molar-refractivity contribution in [2.45, 2.75) is 13.0 Å². The minimum absolute atomic E-state index is 0.241. The standard InChI is InChI=1S/C8H10BrN3O/c1-5(10)8(13)12-7-3-2-6(9)4-11-7/h2-5H,10H2,1H3,(H,11,12,13)/t5-/m0/s1. The molecule has 1 amide bonds. The first-order valence-corrected chi connectivity index (χ1v) is 4.57. The van der Waals surface area contributed by atoms with Crippen molar-refractivity contribution in [3.63, 3.8) is 0 Å². The van der Waals surface area contributed by atoms with Crippen molar-refractivity contribution >= 4 is 27.7 Å². The lowest BCUT2D eigenvalue weighted by Crippen LogP contribution is -2.32. The maximum absolute atomic E-state index is 11.1. The normalized spacial score (nSPS) is 12.2. The highest BCUT2D eigenvalue weighted by Crippen LogP contribution is 2.10. The van der Waals surface area contributed by atoms with Gasteiger partial charge in [0, 0.05) is 10.7 Å². The van der Waals surface area contributed by atoms with Crippen molar-refractivity contribution in [2.75, 3.05) is 5.32 Å². The van der Waals surface area contributed by atoms with Gasteiger partial charge < -0.3 is 11.1 Å². The van der Waals surface area contributed by atoms with Crippen molar-refractivity contribution in [1.29, 1.82) is 0 Å². The Hall–Kier alpha value is -0.940. The Morgan fingerprint density at radius 3 is 2.85 bits per heavy atom. The summed E-state index contributed by atoms with van der Waals surface area (Å²) >= 11 is 3.24. The molecule has 0 aliphatic carbocycles. The van der Waals surface area contributed by atoms with Gasteiger partial charge in [-0.05, 0) is 35.0 Å². The Morgan fingerprint density at radius 2 is 2.38 bits per heavy atom. The number of aromatic nitrogens is 1. The first-order valence-electron chi connectivity index (χ1n) is 3.77. The largest absolute Gasteiger partial charge is 0.320 e. The van der Waals surface area contributed by atoms with Gasteiger partial charge in [-0.15, -0.1) is 0 Å². The summed E-state index contributed by atoms with van der Waals surface area (Å²) in [5.74, 6) is 0.264. The highest BCUT2D eigenvalue weighted by atomic mass is 79.9. The van der Waals surface area contributed by atoms with Crippen LogP contribution < -0.4 is 11.1 Å². The van der Waals surface area contributed by atoms with E-state index in [1.54, 1.807) is 25.3 Å². The monoisotopic (exact) mass is 243 g/mol. The van der Waals surface area contributed by atoms with E-state index in [-0.39, 0.29) is 5.91 Å². The van der Waals surface area contributed by atoms with E-state index >= 15 is 0 Å². The number of nitrogens with zero attached hydrogens (tertiary/aromatic N) is 1. The van der Waals surface area contributed by atoms with Crippen molar-refractivity contribution in [1.82, 2.24) is 4.98 Å². The first kappa shape index (κ1) is 10.1. The second-order valence-corrected chi connectivity index (χ2v) is 3.56. The number of hydrogen-bond donors (Lipinski definition) is 2. The number of rotatable bonds is 2. The Balaban J connectivity index is 2.65. The van der Waals surface area contributed by atoms with E-state index in [1.165, 1.54) is 0 Å². The number of pyridine rings is 1. The summed E-state index contributed by atoms with van der Waals surface area (Å²) in [6, 6.07) is 2.97. The fourth-order valence-electron chi connectivity index (χ4n) is 0.690. The molecule has 0 spiro atoms. The molecular weight excluding hydrogens is 234 g/mol. The molecule has 0 saturated heterocycles. The molecule has 1 rings (SSSR count). The molecule has 3 N–H and O–H groups in total. The van der Waals surface area contributed by atoms with E-state index in [1.807, 2.05) is 0 Å². The fourth-order valence-corrected chi connectivity index (χ4v) is 0.924. The van der Waals surface area contributed by atoms with Crippen LogP contribution in [0.25, 0.3) is 0 Å². The third-order valence-corrected chi connectivity index (χ3v) is 1.86. The molecule has 1 heterocycles. The average Bonchev–Trinajstić information content (AvgIpc) is 2.08. The highest BCUT2D eigenvalue weighted by Gasteiger charge is 2.07. The fraction of sp³-hybridized carbons (Fsp3) is 0.250. The van der Waals surface area contributed by atoms with Crippen LogP contribution in [0.2, 0.25) is 0 Å². The number of anilines is 1. The summed E-state index contributed by atoms with van der Waals surface area (Å²) in [5.41, 5.74) is 5.36. The molecule has 0 bridgehead atoms. The zero-order valence-corrected chi connectivity index (χ0v) is 8.71. The summed E-state index contributed by atoms with van der Waals surface area (Å²) in [5, 5.41) is 2.57. The summed E-state index contributed by atoms with van der Waals surface area (Å²) in [6.45, 7) is 1.62. The van der Waals surface area contributed by atoms with Crippen LogP contribution in [0.4, 0.5) is 5.82 Å². The average molecular weight is 244 g/mol. The van der Waals surface area contributed by atoms with Gasteiger partial charge in [0.15, 0.2) is 0 Å². The third-order valence-electron chi connectivity index (χ3n) is 1.39. The van der Waals surface area contributed by atoms with Crippen LogP contribution in [0.3, 0.4) is 0 Å². The zero-order chi connectivity index (χ0) is 9.84. The van der Waals surface area contributed by atoms with Gasteiger partial charge in [-0.3, -0.25) is 4.79 Å². The summed E-state index contributed by atoms with van der Waals surface area (Å²) in [7, 11) is 0. The Kier molecular flexibility index (Phi) is 3.39. The lowest BCUT2D eigenvalue weighted by Gasteiger charge is -2.06. The molecule has 0 aliphatic heterocycles. The maximum atomic E-state index is 11.1. The quantitative estimate of drug-likeness (QED) is 0.819. The van der Waals surface area contributed by atoms with Crippen LogP contribution in [-0.4, -0.2) is 16.9 Å². The van der Waals surface area contributed by atoms with Gasteiger partial charge in [-0.2, -0.15) is 0 Å². The molecule has 0 aromatic carbocycles. The molecular formula is C8H10BrN3O. The predicted octanol–water partition coefficient (Wildman–Crippen LogP) is 1.13. The van der Waals surface area contributed by atoms with Crippen LogP contribution in [0.15, 0.2) is 22.8 Å². The molecule has 0 unspecified atom stereocenters. The Morgan fingerprint density at radius 1 is 1.69 bits per heavy atom. The SMILES string of the molecule is C[C@H](N)C(=O)Nc1ccc(Br)cn1. The summed E-state index contributed by atoms with van der Waals surface area (Å²) in [4.78, 5) is 15.1. The molecule has 0 saturated carbocycles. The van der Waals surface area contributed by atoms with Crippen molar-refractivity contribution in [3.05, 3.63) is 22.8 Å². The third kappa shape index (κ3) is 3.12. The second kappa shape index (κ2) is 4.34. The molecule has 4 nitrogen and oxygen atoms in total. The van der Waals surface area contributed by atoms with E-state index in [0.29, 0.717) is 5.82 Å². The van der Waals surface area contributed by atoms with Crippen molar-refractivity contribution in [2.24, 2.45) is 5.73 Å². The van der Waals surface area contributed by atoms with Crippen LogP contribution in [-0.2, 0) is 4.79 Å². The zero-order valence-electron chi connectivity index (χ0n) is 7.12. The van der Waals surface area contributed by atoms with Gasteiger partial charge in [0.1, 0.15) is 5.82 Å². The van der Waals surface area contributed by atoms with E-state index in [4.69, 9.17) is 5.73 Å². The van der Waals surface area contributed by atoms with Crippen LogP contribution >= 0.6 is 15.9 Å². The van der Waals surface area contributed by atoms with Gasteiger partial charge in [-0.1, -0.05) is 0 Å². The number of nitrogens with two attached hydrogens (primary N) is 1. The minimum Gasteiger partial charge on any atom is -0.320 e. The molecule has 1 aromatic rings. The number of amides is 1. The van der Waals surface area contributed by atoms with Crippen LogP contribution in [0, 0.1) is 0 Å². The molecule has 70 valence electrons. The highest BCUT2D eigenvalue weighted by molar-refractivity contribution is 9.10. The number of halogens is 1. The lowest BCUT2D eigenvalue weighted by atomic mass is 10.3. The summed E-state index contributed by atoms with van der Waals surface area (Å²) in [6.07, 6.45) is 1.61. The van der Waals surface area contributed by atoms with Crippen molar-refractivity contribution in [3.8, 4) is 0 Å². The maximum Gasteiger partial charge on any atom is 0.242 e. The first-order chi connectivity index (χ1) is 6.09. The minimum atomic E-state index is -0.523. The predicted molar refractivity (Wildman–Crippen MR) is 54.2 cm³/mol. The molecule has 1 atom stereocenters. The topological polar surface area (TPSA) is 68.0 Å². The van der Waals surface area contributed by atoms with E-state index in [2.05, 4.69) is 26.2 Å². The summed E-state index contributed by atoms with van der Waals surface area (Å²) < 4.78 is 0.867. The van der Waals surface area contributed by atoms with Crippen molar-refractivity contribution < 1.29 is 4.79 Å². The van der Waals surface area contributed by atoms with Gasteiger partial charge in [0.05, 0.1) is 6.04 Å². The number of hydrogen-bond acceptors (Lipinski definition) is 3. The Labute approximate surface area is 84.7 Å². The molecule has 0 radical (unpaired) electrons. The molecule has 5 heteroatoms. The molecule has 0 aliphatic rings. The van der Waals surface area contributed by atoms with E-state index < -0.39 is 6.04 Å². The smallest absolute Gasteiger partial charge is 0.242 e. The molecule has 0 fully saturated rings. The number of nitrogens with one attached hydrogen (secondary N) is 1. The van der Waals surface area contributed by atoms with E-state index in [9.17, 15) is 4.79 Å². The van der Waals surface area contributed by atoms with Gasteiger partial charge in [-0.25, -0.2) is 4.98 Å². The number of carbonyl (C=O) groups excluding carboxylic acids is 1. The second-order valence-electron chi connectivity index (χ2n) is 2.64. The number of carbonyl (C=O) groups is 1. The van der Waals surface area contributed by atoms with E-state index in [0.717, 1.165) is 4.47 Å². The van der Waals surface area contributed by atoms with Crippen LogP contribution in [0.5, 0.6) is 0 Å². The van der Waals surface area contributed by atoms with Gasteiger partial charge in [0.2, 0.25) is 5.91 Å². The molecule has 1 aromatic heterocycles. The van der Waals surface area contributed by atoms with Gasteiger partial charge >= 0.3 is 0 Å².